The van der Waals surface area contributed by atoms with Gasteiger partial charge in [0.1, 0.15) is 0 Å². The predicted molar refractivity (Wildman–Crippen MR) is 55.2 cm³/mol. The van der Waals surface area contributed by atoms with Crippen molar-refractivity contribution >= 4 is 11.7 Å². The summed E-state index contributed by atoms with van der Waals surface area (Å²) < 4.78 is 0. The fraction of sp³-hybridized carbons (Fsp3) is 0.222. The van der Waals surface area contributed by atoms with Crippen LogP contribution < -0.4 is 16.7 Å². The topological polar surface area (TPSA) is 75.6 Å². The lowest BCUT2D eigenvalue weighted by Gasteiger charge is -2.21. The second kappa shape index (κ2) is 4.08. The first-order valence-electron chi connectivity index (χ1n) is 4.17. The molecule has 0 aliphatic heterocycles. The fourth-order valence-corrected chi connectivity index (χ4v) is 1.11. The van der Waals surface area contributed by atoms with Gasteiger partial charge in [-0.05, 0) is 18.6 Å². The highest BCUT2D eigenvalue weighted by Gasteiger charge is 2.15. The number of nitrogens with zero attached hydrogens (tertiary/aromatic N) is 2. The summed E-state index contributed by atoms with van der Waals surface area (Å²) in [5, 5.41) is 1.96. The van der Waals surface area contributed by atoms with Crippen LogP contribution >= 0.6 is 0 Å². The number of hydrogen-bond acceptors (Lipinski definition) is 3. The molecule has 1 aromatic carbocycles. The zero-order chi connectivity index (χ0) is 10.7. The van der Waals surface area contributed by atoms with Gasteiger partial charge in [-0.2, -0.15) is 0 Å². The molecule has 0 fully saturated rings. The zero-order valence-corrected chi connectivity index (χ0v) is 8.27. The highest BCUT2D eigenvalue weighted by Crippen LogP contribution is 2.16. The largest absolute Gasteiger partial charge is 0.352 e. The third kappa shape index (κ3) is 2.01. The first-order valence-corrected chi connectivity index (χ1v) is 4.17. The average Bonchev–Trinajstić information content (AvgIpc) is 2.16. The monoisotopic (exact) mass is 194 g/mol. The maximum Gasteiger partial charge on any atom is 0.352 e. The lowest BCUT2D eigenvalue weighted by molar-refractivity contribution is 0.216. The van der Waals surface area contributed by atoms with Gasteiger partial charge in [-0.1, -0.05) is 18.2 Å². The molecule has 14 heavy (non-hydrogen) atoms. The Morgan fingerprint density at radius 3 is 2.36 bits per heavy atom. The van der Waals surface area contributed by atoms with Crippen LogP contribution in [-0.4, -0.2) is 18.1 Å². The normalized spacial score (nSPS) is 9.71. The Bertz CT molecular complexity index is 337. The molecule has 2 amide bonds. The van der Waals surface area contributed by atoms with E-state index in [9.17, 15) is 4.79 Å². The molecule has 0 aliphatic rings. The van der Waals surface area contributed by atoms with E-state index < -0.39 is 6.03 Å². The number of carbonyl (C=O) groups is 1. The highest BCUT2D eigenvalue weighted by molar-refractivity contribution is 5.90. The summed E-state index contributed by atoms with van der Waals surface area (Å²) in [6, 6.07) is 6.87. The van der Waals surface area contributed by atoms with E-state index in [0.29, 0.717) is 5.69 Å². The lowest BCUT2D eigenvalue weighted by atomic mass is 10.2. The maximum absolute atomic E-state index is 11.4. The standard InChI is InChI=1S/C9H14N4O/c1-7-5-3-4-6-8(7)13(11)9(14)12(2)10/h3-6H,10-11H2,1-2H3. The van der Waals surface area contributed by atoms with Gasteiger partial charge in [0.15, 0.2) is 0 Å². The van der Waals surface area contributed by atoms with Crippen LogP contribution in [0, 0.1) is 6.92 Å². The van der Waals surface area contributed by atoms with Crippen molar-refractivity contribution in [2.75, 3.05) is 12.1 Å². The first-order chi connectivity index (χ1) is 6.54. The Morgan fingerprint density at radius 2 is 1.86 bits per heavy atom. The molecule has 0 unspecified atom stereocenters. The molecule has 5 nitrogen and oxygen atoms in total. The lowest BCUT2D eigenvalue weighted by Crippen LogP contribution is -2.48. The summed E-state index contributed by atoms with van der Waals surface area (Å²) in [6.45, 7) is 1.87. The van der Waals surface area contributed by atoms with E-state index in [1.807, 2.05) is 25.1 Å². The van der Waals surface area contributed by atoms with Crippen LogP contribution in [0.3, 0.4) is 0 Å². The third-order valence-corrected chi connectivity index (χ3v) is 1.88. The molecule has 76 valence electrons. The number of anilines is 1. The van der Waals surface area contributed by atoms with E-state index in [4.69, 9.17) is 11.7 Å². The minimum atomic E-state index is -0.459. The SMILES string of the molecule is Cc1ccccc1N(N)C(=O)N(C)N. The highest BCUT2D eigenvalue weighted by atomic mass is 16.2. The molecular weight excluding hydrogens is 180 g/mol. The van der Waals surface area contributed by atoms with Gasteiger partial charge in [0.25, 0.3) is 0 Å². The van der Waals surface area contributed by atoms with Crippen molar-refractivity contribution in [1.29, 1.82) is 0 Å². The number of hydrazine groups is 2. The van der Waals surface area contributed by atoms with E-state index in [1.54, 1.807) is 6.07 Å². The molecule has 0 aromatic heterocycles. The molecule has 4 N–H and O–H groups in total. The quantitative estimate of drug-likeness (QED) is 0.390. The van der Waals surface area contributed by atoms with Gasteiger partial charge in [0.05, 0.1) is 5.69 Å². The van der Waals surface area contributed by atoms with E-state index in [2.05, 4.69) is 0 Å². The molecule has 1 rings (SSSR count). The molecule has 0 saturated carbocycles. The summed E-state index contributed by atoms with van der Waals surface area (Å²) in [5.74, 6) is 10.9. The number of carbonyl (C=O) groups excluding carboxylic acids is 1. The number of benzene rings is 1. The third-order valence-electron chi connectivity index (χ3n) is 1.88. The van der Waals surface area contributed by atoms with Crippen molar-refractivity contribution in [3.8, 4) is 0 Å². The second-order valence-corrected chi connectivity index (χ2v) is 3.05. The fourth-order valence-electron chi connectivity index (χ4n) is 1.11. The summed E-state index contributed by atoms with van der Waals surface area (Å²) in [7, 11) is 1.44. The summed E-state index contributed by atoms with van der Waals surface area (Å²) in [5.41, 5.74) is 1.57. The van der Waals surface area contributed by atoms with Crippen molar-refractivity contribution in [1.82, 2.24) is 5.01 Å². The Hall–Kier alpha value is -1.59. The maximum atomic E-state index is 11.4. The van der Waals surface area contributed by atoms with Crippen LogP contribution in [0.25, 0.3) is 0 Å². The van der Waals surface area contributed by atoms with E-state index in [0.717, 1.165) is 15.6 Å². The number of nitrogens with two attached hydrogens (primary N) is 2. The number of amides is 2. The second-order valence-electron chi connectivity index (χ2n) is 3.05. The van der Waals surface area contributed by atoms with Crippen LogP contribution in [0.15, 0.2) is 24.3 Å². The molecule has 0 atom stereocenters. The number of aryl methyl sites for hydroxylation is 1. The molecule has 5 heteroatoms. The van der Waals surface area contributed by atoms with Crippen LogP contribution in [0.1, 0.15) is 5.56 Å². The van der Waals surface area contributed by atoms with Crippen LogP contribution in [0.5, 0.6) is 0 Å². The van der Waals surface area contributed by atoms with Gasteiger partial charge in [-0.3, -0.25) is 5.01 Å². The van der Waals surface area contributed by atoms with Gasteiger partial charge in [0.2, 0.25) is 0 Å². The zero-order valence-electron chi connectivity index (χ0n) is 8.27. The number of urea groups is 1. The van der Waals surface area contributed by atoms with E-state index in [-0.39, 0.29) is 0 Å². The van der Waals surface area contributed by atoms with Crippen LogP contribution in [0.2, 0.25) is 0 Å². The van der Waals surface area contributed by atoms with Crippen molar-refractivity contribution in [3.05, 3.63) is 29.8 Å². The Labute approximate surface area is 82.8 Å². The minimum absolute atomic E-state index is 0.459. The average molecular weight is 194 g/mol. The molecule has 0 radical (unpaired) electrons. The predicted octanol–water partition coefficient (Wildman–Crippen LogP) is 0.601. The number of hydrogen-bond donors (Lipinski definition) is 2. The summed E-state index contributed by atoms with van der Waals surface area (Å²) >= 11 is 0. The van der Waals surface area contributed by atoms with Gasteiger partial charge in [-0.25, -0.2) is 21.5 Å². The minimum Gasteiger partial charge on any atom is -0.264 e. The summed E-state index contributed by atoms with van der Waals surface area (Å²) in [6.07, 6.45) is 0. The van der Waals surface area contributed by atoms with Crippen LogP contribution in [-0.2, 0) is 0 Å². The van der Waals surface area contributed by atoms with Crippen molar-refractivity contribution in [2.45, 2.75) is 6.92 Å². The van der Waals surface area contributed by atoms with E-state index in [1.165, 1.54) is 7.05 Å². The molecule has 0 saturated heterocycles. The van der Waals surface area contributed by atoms with Gasteiger partial charge < -0.3 is 0 Å². The molecule has 0 aliphatic carbocycles. The molecule has 0 bridgehead atoms. The van der Waals surface area contributed by atoms with Gasteiger partial charge >= 0.3 is 6.03 Å². The van der Waals surface area contributed by atoms with Crippen molar-refractivity contribution in [3.63, 3.8) is 0 Å². The summed E-state index contributed by atoms with van der Waals surface area (Å²) in [4.78, 5) is 11.4. The van der Waals surface area contributed by atoms with E-state index >= 15 is 0 Å². The number of para-hydroxylation sites is 1. The Kier molecular flexibility index (Phi) is 3.06. The van der Waals surface area contributed by atoms with Crippen molar-refractivity contribution in [2.24, 2.45) is 11.7 Å². The molecule has 1 aromatic rings. The smallest absolute Gasteiger partial charge is 0.264 e. The first kappa shape index (κ1) is 10.5. The Balaban J connectivity index is 2.95. The molecular formula is C9H14N4O. The van der Waals surface area contributed by atoms with Crippen LogP contribution in [0.4, 0.5) is 10.5 Å². The molecule has 0 heterocycles. The van der Waals surface area contributed by atoms with Gasteiger partial charge in [-0.15, -0.1) is 0 Å². The van der Waals surface area contributed by atoms with Crippen molar-refractivity contribution < 1.29 is 4.79 Å². The number of rotatable bonds is 1. The molecule has 0 spiro atoms. The van der Waals surface area contributed by atoms with Gasteiger partial charge in [0, 0.05) is 7.05 Å². The Morgan fingerprint density at radius 1 is 1.29 bits per heavy atom.